The summed E-state index contributed by atoms with van der Waals surface area (Å²) in [4.78, 5) is 1.20. The lowest BCUT2D eigenvalue weighted by atomic mass is 9.94. The number of halogens is 2. The monoisotopic (exact) mass is 357 g/mol. The van der Waals surface area contributed by atoms with Crippen LogP contribution in [0.15, 0.2) is 14.7 Å². The molecule has 96 valence electrons. The van der Waals surface area contributed by atoms with Gasteiger partial charge in [0.1, 0.15) is 4.90 Å². The highest BCUT2D eigenvalue weighted by Crippen LogP contribution is 2.36. The summed E-state index contributed by atoms with van der Waals surface area (Å²) in [5.74, 6) is 0.339. The van der Waals surface area contributed by atoms with Crippen molar-refractivity contribution >= 4 is 48.9 Å². The van der Waals surface area contributed by atoms with Crippen molar-refractivity contribution in [3.05, 3.63) is 14.7 Å². The van der Waals surface area contributed by atoms with Crippen molar-refractivity contribution in [1.82, 2.24) is 4.31 Å². The molecule has 1 aliphatic rings. The SMILES string of the molecule is CN(C1CCC1)S(=O)(=O)c1cc(CCl)sc1Br. The Kier molecular flexibility index (Phi) is 4.20. The van der Waals surface area contributed by atoms with Crippen LogP contribution in [-0.4, -0.2) is 25.8 Å². The summed E-state index contributed by atoms with van der Waals surface area (Å²) in [5.41, 5.74) is 0. The van der Waals surface area contributed by atoms with Gasteiger partial charge in [0.25, 0.3) is 0 Å². The quantitative estimate of drug-likeness (QED) is 0.773. The zero-order valence-corrected chi connectivity index (χ0v) is 13.3. The van der Waals surface area contributed by atoms with E-state index in [9.17, 15) is 8.42 Å². The Morgan fingerprint density at radius 2 is 2.24 bits per heavy atom. The molecule has 1 aliphatic carbocycles. The minimum absolute atomic E-state index is 0.159. The zero-order valence-electron chi connectivity index (χ0n) is 9.32. The first-order chi connectivity index (χ1) is 7.96. The van der Waals surface area contributed by atoms with Crippen LogP contribution >= 0.6 is 38.9 Å². The van der Waals surface area contributed by atoms with E-state index in [2.05, 4.69) is 15.9 Å². The van der Waals surface area contributed by atoms with Crippen molar-refractivity contribution in [2.75, 3.05) is 7.05 Å². The summed E-state index contributed by atoms with van der Waals surface area (Å²) in [6.07, 6.45) is 3.03. The number of hydrogen-bond donors (Lipinski definition) is 0. The van der Waals surface area contributed by atoms with Crippen LogP contribution in [0.5, 0.6) is 0 Å². The third-order valence-electron chi connectivity index (χ3n) is 3.08. The molecule has 0 bridgehead atoms. The van der Waals surface area contributed by atoms with Gasteiger partial charge in [-0.15, -0.1) is 22.9 Å². The fourth-order valence-electron chi connectivity index (χ4n) is 1.74. The second kappa shape index (κ2) is 5.17. The highest BCUT2D eigenvalue weighted by molar-refractivity contribution is 9.11. The van der Waals surface area contributed by atoms with E-state index in [0.29, 0.717) is 14.6 Å². The fourth-order valence-corrected chi connectivity index (χ4v) is 5.88. The van der Waals surface area contributed by atoms with E-state index in [4.69, 9.17) is 11.6 Å². The lowest BCUT2D eigenvalue weighted by Crippen LogP contribution is -2.41. The standard InChI is InChI=1S/C10H13BrClNO2S2/c1-13(7-3-2-4-7)17(14,15)9-5-8(6-12)16-10(9)11/h5,7H,2-4,6H2,1H3. The Balaban J connectivity index is 2.33. The average Bonchev–Trinajstić information content (AvgIpc) is 2.57. The molecule has 0 amide bonds. The van der Waals surface area contributed by atoms with E-state index in [0.717, 1.165) is 24.1 Å². The van der Waals surface area contributed by atoms with Gasteiger partial charge >= 0.3 is 0 Å². The van der Waals surface area contributed by atoms with Gasteiger partial charge < -0.3 is 0 Å². The summed E-state index contributed by atoms with van der Waals surface area (Å²) in [5, 5.41) is 0. The lowest BCUT2D eigenvalue weighted by molar-refractivity contribution is 0.249. The van der Waals surface area contributed by atoms with Crippen LogP contribution in [-0.2, 0) is 15.9 Å². The topological polar surface area (TPSA) is 37.4 Å². The van der Waals surface area contributed by atoms with Crippen LogP contribution in [0, 0.1) is 0 Å². The second-order valence-electron chi connectivity index (χ2n) is 4.09. The Morgan fingerprint density at radius 1 is 1.59 bits per heavy atom. The third-order valence-corrected chi connectivity index (χ3v) is 7.69. The van der Waals surface area contributed by atoms with Crippen molar-refractivity contribution in [2.24, 2.45) is 0 Å². The Morgan fingerprint density at radius 3 is 2.65 bits per heavy atom. The summed E-state index contributed by atoms with van der Waals surface area (Å²) in [6, 6.07) is 1.82. The molecule has 0 aromatic carbocycles. The Hall–Kier alpha value is 0.380. The van der Waals surface area contributed by atoms with Crippen molar-refractivity contribution in [3.63, 3.8) is 0 Å². The van der Waals surface area contributed by atoms with Crippen molar-refractivity contribution in [2.45, 2.75) is 36.1 Å². The van der Waals surface area contributed by atoms with Gasteiger partial charge in [-0.2, -0.15) is 4.31 Å². The minimum Gasteiger partial charge on any atom is -0.207 e. The highest BCUT2D eigenvalue weighted by Gasteiger charge is 2.33. The molecule has 0 spiro atoms. The van der Waals surface area contributed by atoms with Gasteiger partial charge in [0, 0.05) is 18.0 Å². The molecule has 1 saturated carbocycles. The molecule has 1 aromatic heterocycles. The molecular formula is C10H13BrClNO2S2. The number of nitrogens with zero attached hydrogens (tertiary/aromatic N) is 1. The van der Waals surface area contributed by atoms with Crippen LogP contribution < -0.4 is 0 Å². The van der Waals surface area contributed by atoms with Gasteiger partial charge in [-0.05, 0) is 34.8 Å². The van der Waals surface area contributed by atoms with Crippen LogP contribution in [0.25, 0.3) is 0 Å². The first-order valence-corrected chi connectivity index (χ1v) is 8.87. The molecule has 1 fully saturated rings. The Labute approximate surface area is 119 Å². The predicted molar refractivity (Wildman–Crippen MR) is 74.2 cm³/mol. The molecular weight excluding hydrogens is 346 g/mol. The average molecular weight is 359 g/mol. The summed E-state index contributed by atoms with van der Waals surface area (Å²) in [7, 11) is -1.72. The lowest BCUT2D eigenvalue weighted by Gasteiger charge is -2.33. The van der Waals surface area contributed by atoms with Gasteiger partial charge in [-0.3, -0.25) is 0 Å². The van der Waals surface area contributed by atoms with E-state index in [1.165, 1.54) is 15.6 Å². The molecule has 2 rings (SSSR count). The number of alkyl halides is 1. The third kappa shape index (κ3) is 2.56. The molecule has 0 N–H and O–H groups in total. The largest absolute Gasteiger partial charge is 0.245 e. The van der Waals surface area contributed by atoms with Gasteiger partial charge in [-0.1, -0.05) is 6.42 Å². The fraction of sp³-hybridized carbons (Fsp3) is 0.600. The normalized spacial score (nSPS) is 17.4. The molecule has 0 atom stereocenters. The maximum absolute atomic E-state index is 12.4. The van der Waals surface area contributed by atoms with Crippen LogP contribution in [0.3, 0.4) is 0 Å². The van der Waals surface area contributed by atoms with Gasteiger partial charge in [0.2, 0.25) is 10.0 Å². The van der Waals surface area contributed by atoms with E-state index in [1.807, 2.05) is 0 Å². The van der Waals surface area contributed by atoms with Crippen molar-refractivity contribution in [1.29, 1.82) is 0 Å². The summed E-state index contributed by atoms with van der Waals surface area (Å²) in [6.45, 7) is 0. The molecule has 3 nitrogen and oxygen atoms in total. The second-order valence-corrected chi connectivity index (χ2v) is 8.78. The molecule has 0 radical (unpaired) electrons. The van der Waals surface area contributed by atoms with Crippen molar-refractivity contribution in [3.8, 4) is 0 Å². The number of thiophene rings is 1. The smallest absolute Gasteiger partial charge is 0.207 e. The molecule has 17 heavy (non-hydrogen) atoms. The first kappa shape index (κ1) is 13.8. The highest BCUT2D eigenvalue weighted by atomic mass is 79.9. The van der Waals surface area contributed by atoms with Gasteiger partial charge in [0.15, 0.2) is 0 Å². The van der Waals surface area contributed by atoms with E-state index >= 15 is 0 Å². The van der Waals surface area contributed by atoms with Gasteiger partial charge in [-0.25, -0.2) is 8.42 Å². The molecule has 0 aliphatic heterocycles. The van der Waals surface area contributed by atoms with Gasteiger partial charge in [0.05, 0.1) is 9.67 Å². The van der Waals surface area contributed by atoms with E-state index < -0.39 is 10.0 Å². The number of rotatable bonds is 4. The molecule has 1 heterocycles. The van der Waals surface area contributed by atoms with E-state index in [-0.39, 0.29) is 6.04 Å². The molecule has 1 aromatic rings. The maximum atomic E-state index is 12.4. The molecule has 0 unspecified atom stereocenters. The zero-order chi connectivity index (χ0) is 12.6. The summed E-state index contributed by atoms with van der Waals surface area (Å²) >= 11 is 10.4. The first-order valence-electron chi connectivity index (χ1n) is 5.29. The van der Waals surface area contributed by atoms with Crippen LogP contribution in [0.2, 0.25) is 0 Å². The summed E-state index contributed by atoms with van der Waals surface area (Å²) < 4.78 is 26.9. The predicted octanol–water partition coefficient (Wildman–Crippen LogP) is 3.42. The molecule has 7 heteroatoms. The number of sulfonamides is 1. The van der Waals surface area contributed by atoms with E-state index in [1.54, 1.807) is 13.1 Å². The van der Waals surface area contributed by atoms with Crippen LogP contribution in [0.1, 0.15) is 24.1 Å². The van der Waals surface area contributed by atoms with Crippen molar-refractivity contribution < 1.29 is 8.42 Å². The Bertz CT molecular complexity index is 510. The maximum Gasteiger partial charge on any atom is 0.245 e. The minimum atomic E-state index is -3.38. The number of hydrogen-bond acceptors (Lipinski definition) is 3. The molecule has 0 saturated heterocycles. The van der Waals surface area contributed by atoms with Crippen LogP contribution in [0.4, 0.5) is 0 Å².